The largest absolute Gasteiger partial charge is 0.394 e. The third-order valence-electron chi connectivity index (χ3n) is 11.6. The van der Waals surface area contributed by atoms with Crippen molar-refractivity contribution in [1.82, 2.24) is 5.32 Å². The van der Waals surface area contributed by atoms with Gasteiger partial charge in [0.2, 0.25) is 5.91 Å². The average molecular weight is 788 g/mol. The van der Waals surface area contributed by atoms with Crippen LogP contribution in [0.1, 0.15) is 219 Å². The second-order valence-electron chi connectivity index (χ2n) is 16.7. The van der Waals surface area contributed by atoms with Gasteiger partial charge in [-0.05, 0) is 12.8 Å². The van der Waals surface area contributed by atoms with Crippen molar-refractivity contribution in [2.45, 2.75) is 268 Å². The molecule has 0 spiro atoms. The Hall–Kier alpha value is -0.850. The molecule has 10 heteroatoms. The molecule has 0 aromatic heterocycles. The average Bonchev–Trinajstić information content (AvgIpc) is 3.18. The summed E-state index contributed by atoms with van der Waals surface area (Å²) in [6.45, 7) is 3.62. The van der Waals surface area contributed by atoms with Crippen LogP contribution in [0, 0.1) is 0 Å². The Kier molecular flexibility index (Phi) is 34.4. The standard InChI is InChI=1S/C45H89NO9/c1-3-5-7-9-11-13-15-17-19-21-23-25-27-29-31-33-38(48)41(50)37(36-54-45-44(53)43(52)42(51)39(35-47)55-45)46-40(49)34-32-30-28-26-24-22-20-18-16-14-12-10-8-6-4-2/h37-39,41-45,47-48,50-53H,3-36H2,1-2H3,(H,46,49)/t37-,38+,39+,41-,42-,43?,44?,45+/m0/s1. The van der Waals surface area contributed by atoms with E-state index in [0.29, 0.717) is 6.42 Å². The monoisotopic (exact) mass is 788 g/mol. The molecule has 328 valence electrons. The number of amides is 1. The van der Waals surface area contributed by atoms with Gasteiger partial charge in [0.1, 0.15) is 30.5 Å². The second kappa shape index (κ2) is 36.2. The van der Waals surface area contributed by atoms with Crippen LogP contribution >= 0.6 is 0 Å². The van der Waals surface area contributed by atoms with Crippen molar-refractivity contribution in [2.24, 2.45) is 0 Å². The third kappa shape index (κ3) is 26.7. The number of aliphatic hydroxyl groups is 6. The Bertz CT molecular complexity index is 849. The second-order valence-corrected chi connectivity index (χ2v) is 16.7. The van der Waals surface area contributed by atoms with Gasteiger partial charge >= 0.3 is 0 Å². The van der Waals surface area contributed by atoms with Crippen molar-refractivity contribution in [1.29, 1.82) is 0 Å². The Balaban J connectivity index is 2.38. The summed E-state index contributed by atoms with van der Waals surface area (Å²) >= 11 is 0. The van der Waals surface area contributed by atoms with Crippen LogP contribution < -0.4 is 5.32 Å². The van der Waals surface area contributed by atoms with Gasteiger partial charge in [0.05, 0.1) is 25.4 Å². The van der Waals surface area contributed by atoms with Gasteiger partial charge in [-0.25, -0.2) is 0 Å². The first kappa shape index (κ1) is 52.2. The number of unbranched alkanes of at least 4 members (excludes halogenated alkanes) is 28. The van der Waals surface area contributed by atoms with E-state index in [1.165, 1.54) is 154 Å². The van der Waals surface area contributed by atoms with E-state index in [4.69, 9.17) is 9.47 Å². The van der Waals surface area contributed by atoms with Crippen LogP contribution in [0.5, 0.6) is 0 Å². The molecule has 1 fully saturated rings. The molecule has 0 bridgehead atoms. The van der Waals surface area contributed by atoms with E-state index < -0.39 is 55.6 Å². The molecule has 8 atom stereocenters. The van der Waals surface area contributed by atoms with Gasteiger partial charge in [-0.1, -0.05) is 200 Å². The molecule has 0 radical (unpaired) electrons. The summed E-state index contributed by atoms with van der Waals surface area (Å²) in [6.07, 6.45) is 28.1. The lowest BCUT2D eigenvalue weighted by Gasteiger charge is -2.40. The quantitative estimate of drug-likeness (QED) is 0.0302. The highest BCUT2D eigenvalue weighted by atomic mass is 16.7. The number of nitrogens with one attached hydrogen (secondary N) is 1. The van der Waals surface area contributed by atoms with Crippen molar-refractivity contribution < 1.29 is 44.9 Å². The molecule has 0 aliphatic carbocycles. The number of aliphatic hydroxyl groups excluding tert-OH is 6. The maximum absolute atomic E-state index is 13.0. The van der Waals surface area contributed by atoms with E-state index >= 15 is 0 Å². The van der Waals surface area contributed by atoms with Gasteiger partial charge in [-0.15, -0.1) is 0 Å². The molecule has 1 aliphatic rings. The lowest BCUT2D eigenvalue weighted by molar-refractivity contribution is -0.303. The molecule has 0 aromatic rings. The minimum atomic E-state index is -1.60. The van der Waals surface area contributed by atoms with Crippen LogP contribution in [0.4, 0.5) is 0 Å². The highest BCUT2D eigenvalue weighted by molar-refractivity contribution is 5.76. The summed E-state index contributed by atoms with van der Waals surface area (Å²) in [7, 11) is 0. The number of carbonyl (C=O) groups is 1. The van der Waals surface area contributed by atoms with Gasteiger partial charge in [0.15, 0.2) is 6.29 Å². The number of ether oxygens (including phenoxy) is 2. The highest BCUT2D eigenvalue weighted by Crippen LogP contribution is 2.23. The molecule has 1 rings (SSSR count). The van der Waals surface area contributed by atoms with E-state index in [0.717, 1.165) is 38.5 Å². The summed E-state index contributed by atoms with van der Waals surface area (Å²) in [5, 5.41) is 65.2. The van der Waals surface area contributed by atoms with Crippen LogP contribution in [0.25, 0.3) is 0 Å². The van der Waals surface area contributed by atoms with Gasteiger partial charge in [-0.2, -0.15) is 0 Å². The van der Waals surface area contributed by atoms with Crippen molar-refractivity contribution in [2.75, 3.05) is 13.2 Å². The molecule has 7 N–H and O–H groups in total. The van der Waals surface area contributed by atoms with E-state index in [-0.39, 0.29) is 18.9 Å². The lowest BCUT2D eigenvalue weighted by atomic mass is 9.98. The Labute approximate surface area is 336 Å². The molecule has 0 saturated carbocycles. The summed E-state index contributed by atoms with van der Waals surface area (Å²) in [6, 6.07) is -0.984. The minimum absolute atomic E-state index is 0.254. The maximum atomic E-state index is 13.0. The van der Waals surface area contributed by atoms with Gasteiger partial charge < -0.3 is 45.4 Å². The highest BCUT2D eigenvalue weighted by Gasteiger charge is 2.44. The Morgan fingerprint density at radius 3 is 1.35 bits per heavy atom. The summed E-state index contributed by atoms with van der Waals surface area (Å²) in [4.78, 5) is 13.0. The Morgan fingerprint density at radius 2 is 0.945 bits per heavy atom. The summed E-state index contributed by atoms with van der Waals surface area (Å²) in [5.41, 5.74) is 0. The fraction of sp³-hybridized carbons (Fsp3) is 0.978. The third-order valence-corrected chi connectivity index (χ3v) is 11.6. The number of rotatable bonds is 39. The first-order valence-corrected chi connectivity index (χ1v) is 23.3. The topological polar surface area (TPSA) is 169 Å². The molecule has 1 amide bonds. The van der Waals surface area contributed by atoms with Crippen LogP contribution in [-0.2, 0) is 14.3 Å². The number of carbonyl (C=O) groups excluding carboxylic acids is 1. The maximum Gasteiger partial charge on any atom is 0.220 e. The fourth-order valence-electron chi connectivity index (χ4n) is 7.73. The van der Waals surface area contributed by atoms with E-state index in [1.807, 2.05) is 0 Å². The minimum Gasteiger partial charge on any atom is -0.394 e. The SMILES string of the molecule is CCCCCCCCCCCCCCCCCC(=O)N[C@@H](CO[C@@H]1O[C@H](CO)[C@H](O)C(O)C1O)[C@H](O)[C@H](O)CCCCCCCCCCCCCCCCC. The van der Waals surface area contributed by atoms with Gasteiger partial charge in [0, 0.05) is 6.42 Å². The van der Waals surface area contributed by atoms with Crippen molar-refractivity contribution in [3.63, 3.8) is 0 Å². The predicted octanol–water partition coefficient (Wildman–Crippen LogP) is 8.53. The first-order chi connectivity index (χ1) is 26.8. The number of hydrogen-bond acceptors (Lipinski definition) is 9. The molecular formula is C45H89NO9. The van der Waals surface area contributed by atoms with Gasteiger partial charge in [0.25, 0.3) is 0 Å². The molecule has 55 heavy (non-hydrogen) atoms. The van der Waals surface area contributed by atoms with E-state index in [9.17, 15) is 35.4 Å². The normalized spacial score (nSPS) is 21.8. The van der Waals surface area contributed by atoms with Crippen LogP contribution in [0.15, 0.2) is 0 Å². The summed E-state index contributed by atoms with van der Waals surface area (Å²) in [5.74, 6) is -0.254. The zero-order valence-electron chi connectivity index (χ0n) is 35.6. The zero-order valence-corrected chi connectivity index (χ0v) is 35.6. The lowest BCUT2D eigenvalue weighted by Crippen LogP contribution is -2.60. The van der Waals surface area contributed by atoms with E-state index in [2.05, 4.69) is 19.2 Å². The molecular weight excluding hydrogens is 698 g/mol. The molecule has 1 heterocycles. The van der Waals surface area contributed by atoms with E-state index in [1.54, 1.807) is 0 Å². The summed E-state index contributed by atoms with van der Waals surface area (Å²) < 4.78 is 11.2. The molecule has 0 aromatic carbocycles. The van der Waals surface area contributed by atoms with Crippen LogP contribution in [0.2, 0.25) is 0 Å². The molecule has 1 aliphatic heterocycles. The van der Waals surface area contributed by atoms with Crippen LogP contribution in [-0.4, -0.2) is 98.7 Å². The molecule has 1 saturated heterocycles. The molecule has 10 nitrogen and oxygen atoms in total. The van der Waals surface area contributed by atoms with Crippen molar-refractivity contribution in [3.8, 4) is 0 Å². The fourth-order valence-corrected chi connectivity index (χ4v) is 7.73. The van der Waals surface area contributed by atoms with Crippen LogP contribution in [0.3, 0.4) is 0 Å². The van der Waals surface area contributed by atoms with Crippen molar-refractivity contribution >= 4 is 5.91 Å². The zero-order chi connectivity index (χ0) is 40.4. The van der Waals surface area contributed by atoms with Crippen molar-refractivity contribution in [3.05, 3.63) is 0 Å². The number of hydrogen-bond donors (Lipinski definition) is 7. The van der Waals surface area contributed by atoms with Gasteiger partial charge in [-0.3, -0.25) is 4.79 Å². The Morgan fingerprint density at radius 1 is 0.564 bits per heavy atom. The first-order valence-electron chi connectivity index (χ1n) is 23.3. The predicted molar refractivity (Wildman–Crippen MR) is 223 cm³/mol. The smallest absolute Gasteiger partial charge is 0.220 e. The molecule has 2 unspecified atom stereocenters.